The minimum atomic E-state index is -4.04. The fraction of sp³-hybridized carbons (Fsp3) is 0.200. The van der Waals surface area contributed by atoms with Gasteiger partial charge in [-0.1, -0.05) is 0 Å². The van der Waals surface area contributed by atoms with Crippen LogP contribution >= 0.6 is 10.8 Å². The van der Waals surface area contributed by atoms with E-state index in [0.717, 1.165) is 0 Å². The molecule has 0 spiro atoms. The first-order valence-electron chi connectivity index (χ1n) is 2.71. The van der Waals surface area contributed by atoms with Crippen molar-refractivity contribution in [2.45, 2.75) is 12.0 Å². The predicted octanol–water partition coefficient (Wildman–Crippen LogP) is 1.48. The average molecular weight is 194 g/mol. The van der Waals surface area contributed by atoms with Crippen LogP contribution in [-0.2, 0) is 9.15 Å². The third kappa shape index (κ3) is 2.96. The zero-order valence-electron chi connectivity index (χ0n) is 5.64. The van der Waals surface area contributed by atoms with Crippen molar-refractivity contribution in [1.82, 2.24) is 0 Å². The first kappa shape index (κ1) is 8.63. The number of furan rings is 1. The highest BCUT2D eigenvalue weighted by atomic mass is 33.1. The summed E-state index contributed by atoms with van der Waals surface area (Å²) in [6.45, 7) is 1.69. The van der Waals surface area contributed by atoms with Gasteiger partial charge in [-0.15, -0.1) is 0 Å². The molecule has 4 nitrogen and oxygen atoms in total. The van der Waals surface area contributed by atoms with Crippen LogP contribution in [0.3, 0.4) is 0 Å². The minimum absolute atomic E-state index is 0.171. The Morgan fingerprint density at radius 3 is 2.55 bits per heavy atom. The summed E-state index contributed by atoms with van der Waals surface area (Å²) >= 11 is 0. The van der Waals surface area contributed by atoms with E-state index in [1.807, 2.05) is 0 Å². The molecule has 0 unspecified atom stereocenters. The molecule has 0 amide bonds. The highest BCUT2D eigenvalue weighted by Gasteiger charge is 2.10. The van der Waals surface area contributed by atoms with Crippen LogP contribution in [0, 0.1) is 6.92 Å². The van der Waals surface area contributed by atoms with E-state index in [2.05, 4.69) is 0 Å². The van der Waals surface area contributed by atoms with Crippen molar-refractivity contribution < 1.29 is 17.4 Å². The molecule has 1 N–H and O–H groups in total. The summed E-state index contributed by atoms with van der Waals surface area (Å²) in [6, 6.07) is 3.10. The molecule has 0 aliphatic carbocycles. The molecule has 6 heteroatoms. The number of hydrogen-bond donors (Lipinski definition) is 1. The van der Waals surface area contributed by atoms with Crippen LogP contribution in [-0.4, -0.2) is 13.0 Å². The normalized spacial score (nSPS) is 11.8. The number of hydrogen-bond acceptors (Lipinski definition) is 4. The van der Waals surface area contributed by atoms with Gasteiger partial charge in [0.2, 0.25) is 0 Å². The SMILES string of the molecule is Cc1ccc(SS(=O)(=O)O)o1. The quantitative estimate of drug-likeness (QED) is 0.570. The van der Waals surface area contributed by atoms with Gasteiger partial charge in [-0.3, -0.25) is 4.55 Å². The second-order valence-electron chi connectivity index (χ2n) is 1.88. The van der Waals surface area contributed by atoms with E-state index in [4.69, 9.17) is 8.97 Å². The van der Waals surface area contributed by atoms with Crippen molar-refractivity contribution in [3.05, 3.63) is 17.9 Å². The van der Waals surface area contributed by atoms with Crippen molar-refractivity contribution in [2.24, 2.45) is 0 Å². The molecule has 0 fully saturated rings. The molecule has 0 bridgehead atoms. The standard InChI is InChI=1S/C5H6O4S2/c1-4-2-3-5(9-4)10-11(6,7)8/h2-3H,1H3,(H,6,7,8). The van der Waals surface area contributed by atoms with Gasteiger partial charge in [-0.05, 0) is 19.1 Å². The second-order valence-corrected chi connectivity index (χ2v) is 5.06. The summed E-state index contributed by atoms with van der Waals surface area (Å²) in [5.74, 6) is 0.608. The largest absolute Gasteiger partial charge is 0.454 e. The Bertz CT molecular complexity index is 337. The van der Waals surface area contributed by atoms with Crippen LogP contribution in [0.2, 0.25) is 0 Å². The van der Waals surface area contributed by atoms with Crippen LogP contribution in [0.4, 0.5) is 0 Å². The predicted molar refractivity (Wildman–Crippen MR) is 40.9 cm³/mol. The molecule has 1 aromatic rings. The Hall–Kier alpha value is -0.460. The Morgan fingerprint density at radius 2 is 2.18 bits per heavy atom. The first-order chi connectivity index (χ1) is 4.97. The molecule has 0 aliphatic heterocycles. The van der Waals surface area contributed by atoms with E-state index in [9.17, 15) is 8.42 Å². The molecule has 0 saturated heterocycles. The molecule has 0 radical (unpaired) electrons. The van der Waals surface area contributed by atoms with Gasteiger partial charge in [0.25, 0.3) is 0 Å². The van der Waals surface area contributed by atoms with E-state index in [0.29, 0.717) is 5.76 Å². The monoisotopic (exact) mass is 194 g/mol. The topological polar surface area (TPSA) is 67.5 Å². The molecule has 0 aromatic carbocycles. The molecule has 0 aliphatic rings. The van der Waals surface area contributed by atoms with Gasteiger partial charge >= 0.3 is 9.15 Å². The lowest BCUT2D eigenvalue weighted by Crippen LogP contribution is -1.86. The fourth-order valence-electron chi connectivity index (χ4n) is 0.561. The van der Waals surface area contributed by atoms with Crippen molar-refractivity contribution >= 4 is 19.9 Å². The second kappa shape index (κ2) is 2.88. The number of aryl methyl sites for hydroxylation is 1. The average Bonchev–Trinajstić information content (AvgIpc) is 2.10. The zero-order chi connectivity index (χ0) is 8.48. The molecule has 62 valence electrons. The summed E-state index contributed by atoms with van der Waals surface area (Å²) in [5.41, 5.74) is 0. The lowest BCUT2D eigenvalue weighted by molar-refractivity contribution is 0.448. The maximum atomic E-state index is 10.3. The van der Waals surface area contributed by atoms with Gasteiger partial charge in [0.1, 0.15) is 5.76 Å². The maximum Gasteiger partial charge on any atom is 0.327 e. The highest BCUT2D eigenvalue weighted by molar-refractivity contribution is 8.69. The van der Waals surface area contributed by atoms with Gasteiger partial charge in [0.15, 0.2) is 5.09 Å². The molecular weight excluding hydrogens is 188 g/mol. The van der Waals surface area contributed by atoms with Crippen molar-refractivity contribution in [3.63, 3.8) is 0 Å². The third-order valence-corrected chi connectivity index (χ3v) is 2.62. The van der Waals surface area contributed by atoms with E-state index in [1.54, 1.807) is 13.0 Å². The zero-order valence-corrected chi connectivity index (χ0v) is 7.28. The first-order valence-corrected chi connectivity index (χ1v) is 5.48. The van der Waals surface area contributed by atoms with Crippen molar-refractivity contribution in [2.75, 3.05) is 0 Å². The minimum Gasteiger partial charge on any atom is -0.454 e. The molecule has 1 heterocycles. The van der Waals surface area contributed by atoms with Gasteiger partial charge < -0.3 is 4.42 Å². The highest BCUT2D eigenvalue weighted by Crippen LogP contribution is 2.24. The summed E-state index contributed by atoms with van der Waals surface area (Å²) < 4.78 is 33.8. The van der Waals surface area contributed by atoms with Gasteiger partial charge in [0.05, 0.1) is 10.8 Å². The van der Waals surface area contributed by atoms with E-state index < -0.39 is 9.15 Å². The van der Waals surface area contributed by atoms with Crippen LogP contribution in [0.15, 0.2) is 21.6 Å². The Labute approximate surface area is 67.7 Å². The van der Waals surface area contributed by atoms with Crippen molar-refractivity contribution in [1.29, 1.82) is 0 Å². The summed E-state index contributed by atoms with van der Waals surface area (Å²) in [5, 5.41) is 0.171. The summed E-state index contributed by atoms with van der Waals surface area (Å²) in [6.07, 6.45) is 0. The van der Waals surface area contributed by atoms with Gasteiger partial charge in [-0.25, -0.2) is 0 Å². The Kier molecular flexibility index (Phi) is 2.26. The lowest BCUT2D eigenvalue weighted by atomic mass is 10.5. The lowest BCUT2D eigenvalue weighted by Gasteiger charge is -1.89. The smallest absolute Gasteiger partial charge is 0.327 e. The van der Waals surface area contributed by atoms with Crippen LogP contribution < -0.4 is 0 Å². The molecule has 0 atom stereocenters. The van der Waals surface area contributed by atoms with Crippen LogP contribution in [0.1, 0.15) is 5.76 Å². The molecule has 11 heavy (non-hydrogen) atoms. The molecular formula is C5H6O4S2. The molecule has 0 saturated carbocycles. The number of rotatable bonds is 2. The summed E-state index contributed by atoms with van der Waals surface area (Å²) in [7, 11) is -3.76. The van der Waals surface area contributed by atoms with Gasteiger partial charge in [-0.2, -0.15) is 8.42 Å². The molecule has 1 aromatic heterocycles. The summed E-state index contributed by atoms with van der Waals surface area (Å²) in [4.78, 5) is 0. The third-order valence-electron chi connectivity index (χ3n) is 0.903. The molecule has 1 rings (SSSR count). The van der Waals surface area contributed by atoms with E-state index >= 15 is 0 Å². The Morgan fingerprint density at radius 1 is 1.55 bits per heavy atom. The van der Waals surface area contributed by atoms with Crippen LogP contribution in [0.25, 0.3) is 0 Å². The van der Waals surface area contributed by atoms with Gasteiger partial charge in [0, 0.05) is 0 Å². The van der Waals surface area contributed by atoms with E-state index in [1.165, 1.54) is 6.07 Å². The van der Waals surface area contributed by atoms with Crippen molar-refractivity contribution in [3.8, 4) is 0 Å². The fourth-order valence-corrected chi connectivity index (χ4v) is 1.95. The maximum absolute atomic E-state index is 10.3. The van der Waals surface area contributed by atoms with Crippen LogP contribution in [0.5, 0.6) is 0 Å². The Balaban J connectivity index is 2.81. The van der Waals surface area contributed by atoms with E-state index in [-0.39, 0.29) is 15.9 Å².